The van der Waals surface area contributed by atoms with Crippen molar-refractivity contribution in [3.05, 3.63) is 61.1 Å². The first-order chi connectivity index (χ1) is 16.8. The Bertz CT molecular complexity index is 1290. The van der Waals surface area contributed by atoms with E-state index in [1.165, 1.54) is 6.39 Å². The molecule has 180 valence electrons. The monoisotopic (exact) mass is 474 g/mol. The number of nitrogens with zero attached hydrogens (tertiary/aromatic N) is 4. The Hall–Kier alpha value is -4.47. The van der Waals surface area contributed by atoms with E-state index in [1.807, 2.05) is 63.2 Å². The van der Waals surface area contributed by atoms with Crippen LogP contribution in [0.1, 0.15) is 20.8 Å². The zero-order valence-corrected chi connectivity index (χ0v) is 19.9. The number of esters is 1. The number of methoxy groups -OCH3 is 1. The molecule has 0 radical (unpaired) electrons. The average Bonchev–Trinajstić information content (AvgIpc) is 3.37. The van der Waals surface area contributed by atoms with E-state index < -0.39 is 11.6 Å². The smallest absolute Gasteiger partial charge is 0.325 e. The van der Waals surface area contributed by atoms with Crippen LogP contribution >= 0.6 is 0 Å². The number of aromatic nitrogens is 4. The molecule has 4 rings (SSSR count). The Balaban J connectivity index is 1.61. The van der Waals surface area contributed by atoms with Crippen LogP contribution in [0.2, 0.25) is 0 Å². The molecule has 0 saturated heterocycles. The maximum absolute atomic E-state index is 12.2. The summed E-state index contributed by atoms with van der Waals surface area (Å²) >= 11 is 0. The Morgan fingerprint density at radius 3 is 2.49 bits per heavy atom. The number of oxazole rings is 1. The van der Waals surface area contributed by atoms with Gasteiger partial charge in [-0.25, -0.2) is 4.98 Å². The summed E-state index contributed by atoms with van der Waals surface area (Å²) < 4.78 is 16.3. The molecule has 0 aliphatic carbocycles. The highest BCUT2D eigenvalue weighted by Gasteiger charge is 2.17. The van der Waals surface area contributed by atoms with Gasteiger partial charge in [-0.1, -0.05) is 30.3 Å². The minimum absolute atomic E-state index is 0.0886. The molecule has 0 bridgehead atoms. The van der Waals surface area contributed by atoms with E-state index in [9.17, 15) is 4.79 Å². The maximum Gasteiger partial charge on any atom is 0.325 e. The molecule has 0 aliphatic rings. The number of anilines is 3. The lowest BCUT2D eigenvalue weighted by Gasteiger charge is -2.19. The molecule has 0 unspecified atom stereocenters. The van der Waals surface area contributed by atoms with Crippen LogP contribution in [0.25, 0.3) is 22.7 Å². The third-order valence-corrected chi connectivity index (χ3v) is 4.63. The number of nitrogens with one attached hydrogen (secondary N) is 2. The lowest BCUT2D eigenvalue weighted by molar-refractivity contribution is -0.152. The topological polar surface area (TPSA) is 124 Å². The van der Waals surface area contributed by atoms with Crippen LogP contribution in [0.4, 0.5) is 17.6 Å². The van der Waals surface area contributed by atoms with E-state index in [4.69, 9.17) is 13.9 Å². The highest BCUT2D eigenvalue weighted by Crippen LogP contribution is 2.33. The van der Waals surface area contributed by atoms with Gasteiger partial charge >= 0.3 is 5.97 Å². The highest BCUT2D eigenvalue weighted by atomic mass is 16.6. The second-order valence-corrected chi connectivity index (χ2v) is 8.52. The molecule has 35 heavy (non-hydrogen) atoms. The second kappa shape index (κ2) is 10.2. The molecule has 0 spiro atoms. The summed E-state index contributed by atoms with van der Waals surface area (Å²) in [5.41, 5.74) is 1.66. The van der Waals surface area contributed by atoms with Crippen molar-refractivity contribution < 1.29 is 18.7 Å². The van der Waals surface area contributed by atoms with Gasteiger partial charge in [-0.05, 0) is 32.9 Å². The van der Waals surface area contributed by atoms with Gasteiger partial charge in [-0.15, -0.1) is 0 Å². The summed E-state index contributed by atoms with van der Waals surface area (Å²) in [5, 5.41) is 6.12. The van der Waals surface area contributed by atoms with Gasteiger partial charge in [0.1, 0.15) is 17.9 Å². The SMILES string of the molecule is COc1cc(Nc2nc(NCC(=O)OC(C)(C)C)nc(-c3ccccc3)n2)ccc1-c1cnco1. The summed E-state index contributed by atoms with van der Waals surface area (Å²) in [7, 11) is 1.58. The van der Waals surface area contributed by atoms with Crippen LogP contribution < -0.4 is 15.4 Å². The van der Waals surface area contributed by atoms with Crippen LogP contribution in [0.5, 0.6) is 5.75 Å². The van der Waals surface area contributed by atoms with Crippen LogP contribution in [0.3, 0.4) is 0 Å². The van der Waals surface area contributed by atoms with Crippen molar-refractivity contribution in [3.63, 3.8) is 0 Å². The molecule has 4 aromatic rings. The summed E-state index contributed by atoms with van der Waals surface area (Å²) in [4.78, 5) is 29.6. The Morgan fingerprint density at radius 2 is 1.80 bits per heavy atom. The number of carbonyl (C=O) groups excluding carboxylic acids is 1. The lowest BCUT2D eigenvalue weighted by Crippen LogP contribution is -2.28. The largest absolute Gasteiger partial charge is 0.496 e. The molecule has 0 saturated carbocycles. The molecule has 0 atom stereocenters. The summed E-state index contributed by atoms with van der Waals surface area (Å²) in [6.45, 7) is 5.34. The molecule has 10 heteroatoms. The third-order valence-electron chi connectivity index (χ3n) is 4.63. The van der Waals surface area contributed by atoms with Crippen LogP contribution in [0.15, 0.2) is 65.5 Å². The molecule has 2 N–H and O–H groups in total. The summed E-state index contributed by atoms with van der Waals surface area (Å²) in [5.74, 6) is 1.74. The van der Waals surface area contributed by atoms with Gasteiger partial charge in [0.15, 0.2) is 18.0 Å². The number of rotatable bonds is 8. The van der Waals surface area contributed by atoms with Gasteiger partial charge in [0.2, 0.25) is 11.9 Å². The normalized spacial score (nSPS) is 11.1. The van der Waals surface area contributed by atoms with Gasteiger partial charge < -0.3 is 24.5 Å². The highest BCUT2D eigenvalue weighted by molar-refractivity contribution is 5.75. The van der Waals surface area contributed by atoms with E-state index in [2.05, 4.69) is 30.6 Å². The van der Waals surface area contributed by atoms with Crippen LogP contribution in [0, 0.1) is 0 Å². The van der Waals surface area contributed by atoms with Crippen molar-refractivity contribution in [1.29, 1.82) is 0 Å². The maximum atomic E-state index is 12.2. The van der Waals surface area contributed by atoms with Crippen molar-refractivity contribution in [2.45, 2.75) is 26.4 Å². The fourth-order valence-electron chi connectivity index (χ4n) is 3.21. The molecule has 2 aromatic heterocycles. The average molecular weight is 475 g/mol. The number of ether oxygens (including phenoxy) is 2. The van der Waals surface area contributed by atoms with Crippen molar-refractivity contribution in [3.8, 4) is 28.5 Å². The third kappa shape index (κ3) is 6.32. The van der Waals surface area contributed by atoms with Crippen molar-refractivity contribution >= 4 is 23.6 Å². The molecule has 0 fully saturated rings. The van der Waals surface area contributed by atoms with E-state index in [0.717, 1.165) is 11.1 Å². The Labute approximate surface area is 202 Å². The van der Waals surface area contributed by atoms with Gasteiger partial charge in [-0.2, -0.15) is 15.0 Å². The fourth-order valence-corrected chi connectivity index (χ4v) is 3.21. The van der Waals surface area contributed by atoms with Crippen LogP contribution in [-0.2, 0) is 9.53 Å². The van der Waals surface area contributed by atoms with Gasteiger partial charge in [-0.3, -0.25) is 4.79 Å². The zero-order valence-electron chi connectivity index (χ0n) is 19.9. The minimum atomic E-state index is -0.587. The Morgan fingerprint density at radius 1 is 1.03 bits per heavy atom. The van der Waals surface area contributed by atoms with Gasteiger partial charge in [0.25, 0.3) is 0 Å². The molecular formula is C25H26N6O4. The molecule has 0 amide bonds. The quantitative estimate of drug-likeness (QED) is 0.347. The van der Waals surface area contributed by atoms with E-state index >= 15 is 0 Å². The second-order valence-electron chi connectivity index (χ2n) is 8.52. The Kier molecular flexibility index (Phi) is 6.91. The first-order valence-electron chi connectivity index (χ1n) is 10.9. The van der Waals surface area contributed by atoms with Gasteiger partial charge in [0.05, 0.1) is 18.9 Å². The number of benzene rings is 2. The first kappa shape index (κ1) is 23.7. The lowest BCUT2D eigenvalue weighted by atomic mass is 10.1. The van der Waals surface area contributed by atoms with E-state index in [1.54, 1.807) is 19.4 Å². The predicted octanol–water partition coefficient (Wildman–Crippen LogP) is 4.70. The number of hydrogen-bond donors (Lipinski definition) is 2. The number of carbonyl (C=O) groups is 1. The fraction of sp³-hybridized carbons (Fsp3) is 0.240. The first-order valence-corrected chi connectivity index (χ1v) is 10.9. The van der Waals surface area contributed by atoms with Crippen molar-refractivity contribution in [1.82, 2.24) is 19.9 Å². The summed E-state index contributed by atoms with van der Waals surface area (Å²) in [6.07, 6.45) is 2.98. The minimum Gasteiger partial charge on any atom is -0.496 e. The standard InChI is InChI=1S/C25H26N6O4/c1-25(2,3)35-21(32)14-27-23-29-22(16-8-6-5-7-9-16)30-24(31-23)28-17-10-11-18(19(12-17)33-4)20-13-26-15-34-20/h5-13,15H,14H2,1-4H3,(H2,27,28,29,30,31). The molecular weight excluding hydrogens is 448 g/mol. The molecule has 0 aliphatic heterocycles. The molecule has 10 nitrogen and oxygen atoms in total. The van der Waals surface area contributed by atoms with Crippen LogP contribution in [-0.4, -0.2) is 45.2 Å². The van der Waals surface area contributed by atoms with Gasteiger partial charge in [0, 0.05) is 17.3 Å². The van der Waals surface area contributed by atoms with Crippen molar-refractivity contribution in [2.24, 2.45) is 0 Å². The zero-order chi connectivity index (χ0) is 24.8. The molecule has 2 aromatic carbocycles. The van der Waals surface area contributed by atoms with E-state index in [0.29, 0.717) is 29.0 Å². The number of hydrogen-bond acceptors (Lipinski definition) is 10. The molecule has 2 heterocycles. The van der Waals surface area contributed by atoms with E-state index in [-0.39, 0.29) is 12.5 Å². The summed E-state index contributed by atoms with van der Waals surface area (Å²) in [6, 6.07) is 15.0. The van der Waals surface area contributed by atoms with Crippen molar-refractivity contribution in [2.75, 3.05) is 24.3 Å². The predicted molar refractivity (Wildman–Crippen MR) is 131 cm³/mol.